The van der Waals surface area contributed by atoms with Gasteiger partial charge in [-0.05, 0) is 71.5 Å². The summed E-state index contributed by atoms with van der Waals surface area (Å²) < 4.78 is 14.1. The molecule has 2 nitrogen and oxygen atoms in total. The van der Waals surface area contributed by atoms with E-state index in [2.05, 4.69) is 27.9 Å². The molecule has 0 aromatic heterocycles. The van der Waals surface area contributed by atoms with Gasteiger partial charge in [0.2, 0.25) is 0 Å². The molecule has 92 valence electrons. The van der Waals surface area contributed by atoms with Crippen molar-refractivity contribution in [1.29, 1.82) is 0 Å². The molecule has 0 aliphatic rings. The van der Waals surface area contributed by atoms with Gasteiger partial charge in [-0.15, -0.1) is 0 Å². The first-order valence-corrected chi connectivity index (χ1v) is 6.47. The summed E-state index contributed by atoms with van der Waals surface area (Å²) in [6, 6.07) is 11.8. The van der Waals surface area contributed by atoms with Crippen LogP contribution in [0.2, 0.25) is 0 Å². The molecule has 1 amide bonds. The minimum absolute atomic E-state index is 0.195. The van der Waals surface area contributed by atoms with Crippen LogP contribution in [0.15, 0.2) is 42.5 Å². The van der Waals surface area contributed by atoms with Crippen molar-refractivity contribution < 1.29 is 9.18 Å². The lowest BCUT2D eigenvalue weighted by molar-refractivity contribution is 0.102. The number of carbonyl (C=O) groups excluding carboxylic acids is 1. The largest absolute Gasteiger partial charge is 0.322 e. The number of benzene rings is 2. The molecule has 0 radical (unpaired) electrons. The Labute approximate surface area is 118 Å². The highest BCUT2D eigenvalue weighted by Crippen LogP contribution is 2.15. The molecule has 2 rings (SSSR count). The summed E-state index contributed by atoms with van der Waals surface area (Å²) in [5.41, 5.74) is 1.69. The van der Waals surface area contributed by atoms with Crippen molar-refractivity contribution in [3.63, 3.8) is 0 Å². The highest BCUT2D eigenvalue weighted by Gasteiger charge is 2.07. The zero-order chi connectivity index (χ0) is 13.1. The van der Waals surface area contributed by atoms with E-state index in [1.165, 1.54) is 6.07 Å². The summed E-state index contributed by atoms with van der Waals surface area (Å²) in [5, 5.41) is 2.74. The lowest BCUT2D eigenvalue weighted by atomic mass is 10.2. The Kier molecular flexibility index (Phi) is 3.96. The molecular formula is C14H11FINO. The van der Waals surface area contributed by atoms with E-state index >= 15 is 0 Å². The average Bonchev–Trinajstić information content (AvgIpc) is 2.34. The topological polar surface area (TPSA) is 29.1 Å². The molecule has 18 heavy (non-hydrogen) atoms. The minimum Gasteiger partial charge on any atom is -0.322 e. The SMILES string of the molecule is Cc1cc(NC(=O)c2cccc(I)c2)ccc1F. The maximum absolute atomic E-state index is 13.1. The summed E-state index contributed by atoms with van der Waals surface area (Å²) >= 11 is 2.15. The first-order valence-electron chi connectivity index (χ1n) is 5.39. The van der Waals surface area contributed by atoms with Gasteiger partial charge in [-0.3, -0.25) is 4.79 Å². The Hall–Kier alpha value is -1.43. The smallest absolute Gasteiger partial charge is 0.255 e. The predicted molar refractivity (Wildman–Crippen MR) is 78.2 cm³/mol. The van der Waals surface area contributed by atoms with Crippen molar-refractivity contribution in [3.8, 4) is 0 Å². The number of amides is 1. The highest BCUT2D eigenvalue weighted by molar-refractivity contribution is 14.1. The Bertz CT molecular complexity index is 598. The van der Waals surface area contributed by atoms with Crippen LogP contribution in [0, 0.1) is 16.3 Å². The van der Waals surface area contributed by atoms with Crippen LogP contribution in [0.3, 0.4) is 0 Å². The molecule has 0 saturated carbocycles. The fourth-order valence-electron chi connectivity index (χ4n) is 1.56. The van der Waals surface area contributed by atoms with E-state index < -0.39 is 0 Å². The third-order valence-corrected chi connectivity index (χ3v) is 3.17. The quantitative estimate of drug-likeness (QED) is 0.811. The maximum Gasteiger partial charge on any atom is 0.255 e. The van der Waals surface area contributed by atoms with Crippen molar-refractivity contribution in [3.05, 3.63) is 63.0 Å². The summed E-state index contributed by atoms with van der Waals surface area (Å²) in [6.07, 6.45) is 0. The third kappa shape index (κ3) is 3.07. The average molecular weight is 355 g/mol. The van der Waals surface area contributed by atoms with Crippen LogP contribution in [0.4, 0.5) is 10.1 Å². The molecule has 2 aromatic rings. The van der Waals surface area contributed by atoms with Gasteiger partial charge >= 0.3 is 0 Å². The van der Waals surface area contributed by atoms with Gasteiger partial charge in [-0.25, -0.2) is 4.39 Å². The summed E-state index contributed by atoms with van der Waals surface area (Å²) in [6.45, 7) is 1.66. The first kappa shape index (κ1) is 13.0. The van der Waals surface area contributed by atoms with Gasteiger partial charge in [-0.2, -0.15) is 0 Å². The van der Waals surface area contributed by atoms with Crippen LogP contribution in [-0.2, 0) is 0 Å². The van der Waals surface area contributed by atoms with Crippen molar-refractivity contribution in [2.75, 3.05) is 5.32 Å². The molecule has 0 spiro atoms. The fraction of sp³-hybridized carbons (Fsp3) is 0.0714. The summed E-state index contributed by atoms with van der Waals surface area (Å²) in [4.78, 5) is 12.0. The van der Waals surface area contributed by atoms with Gasteiger partial charge < -0.3 is 5.32 Å². The van der Waals surface area contributed by atoms with Crippen LogP contribution in [0.1, 0.15) is 15.9 Å². The lowest BCUT2D eigenvalue weighted by Crippen LogP contribution is -2.12. The predicted octanol–water partition coefficient (Wildman–Crippen LogP) is 3.99. The Balaban J connectivity index is 2.18. The second-order valence-corrected chi connectivity index (χ2v) is 5.17. The lowest BCUT2D eigenvalue weighted by Gasteiger charge is -2.06. The number of halogens is 2. The molecule has 0 bridgehead atoms. The third-order valence-electron chi connectivity index (χ3n) is 2.50. The van der Waals surface area contributed by atoms with Gasteiger partial charge in [0, 0.05) is 14.8 Å². The second kappa shape index (κ2) is 5.48. The number of carbonyl (C=O) groups is 1. The molecule has 4 heteroatoms. The molecule has 0 heterocycles. The van der Waals surface area contributed by atoms with Crippen molar-refractivity contribution >= 4 is 34.2 Å². The molecule has 0 atom stereocenters. The monoisotopic (exact) mass is 355 g/mol. The second-order valence-electron chi connectivity index (χ2n) is 3.93. The minimum atomic E-state index is -0.276. The van der Waals surface area contributed by atoms with Crippen molar-refractivity contribution in [2.24, 2.45) is 0 Å². The van der Waals surface area contributed by atoms with Gasteiger partial charge in [0.15, 0.2) is 0 Å². The Morgan fingerprint density at radius 3 is 2.67 bits per heavy atom. The van der Waals surface area contributed by atoms with E-state index in [-0.39, 0.29) is 11.7 Å². The summed E-state index contributed by atoms with van der Waals surface area (Å²) in [5.74, 6) is -0.471. The maximum atomic E-state index is 13.1. The zero-order valence-corrected chi connectivity index (χ0v) is 11.9. The summed E-state index contributed by atoms with van der Waals surface area (Å²) in [7, 11) is 0. The molecule has 0 aliphatic carbocycles. The number of hydrogen-bond acceptors (Lipinski definition) is 1. The standard InChI is InChI=1S/C14H11FINO/c1-9-7-12(5-6-13(9)15)17-14(18)10-3-2-4-11(16)8-10/h2-8H,1H3,(H,17,18). The van der Waals surface area contributed by atoms with Gasteiger partial charge in [-0.1, -0.05) is 6.07 Å². The number of rotatable bonds is 2. The van der Waals surface area contributed by atoms with Gasteiger partial charge in [0.1, 0.15) is 5.82 Å². The Morgan fingerprint density at radius 2 is 2.00 bits per heavy atom. The van der Waals surface area contributed by atoms with Crippen LogP contribution < -0.4 is 5.32 Å². The molecule has 0 unspecified atom stereocenters. The van der Waals surface area contributed by atoms with E-state index in [4.69, 9.17) is 0 Å². The van der Waals surface area contributed by atoms with E-state index in [1.54, 1.807) is 31.2 Å². The number of hydrogen-bond donors (Lipinski definition) is 1. The first-order chi connectivity index (χ1) is 8.56. The van der Waals surface area contributed by atoms with E-state index in [0.717, 1.165) is 3.57 Å². The normalized spacial score (nSPS) is 10.2. The fourth-order valence-corrected chi connectivity index (χ4v) is 2.10. The molecular weight excluding hydrogens is 344 g/mol. The van der Waals surface area contributed by atoms with Crippen LogP contribution in [-0.4, -0.2) is 5.91 Å². The molecule has 0 aliphatic heterocycles. The van der Waals surface area contributed by atoms with E-state index in [9.17, 15) is 9.18 Å². The van der Waals surface area contributed by atoms with Gasteiger partial charge in [0.25, 0.3) is 5.91 Å². The Morgan fingerprint density at radius 1 is 1.22 bits per heavy atom. The molecule has 1 N–H and O–H groups in total. The van der Waals surface area contributed by atoms with Crippen LogP contribution in [0.25, 0.3) is 0 Å². The molecule has 0 fully saturated rings. The molecule has 0 saturated heterocycles. The van der Waals surface area contributed by atoms with Gasteiger partial charge in [0.05, 0.1) is 0 Å². The number of anilines is 1. The highest BCUT2D eigenvalue weighted by atomic mass is 127. The number of nitrogens with one attached hydrogen (secondary N) is 1. The van der Waals surface area contributed by atoms with E-state index in [1.807, 2.05) is 12.1 Å². The number of aryl methyl sites for hydroxylation is 1. The zero-order valence-electron chi connectivity index (χ0n) is 9.71. The van der Waals surface area contributed by atoms with Crippen molar-refractivity contribution in [1.82, 2.24) is 0 Å². The molecule has 2 aromatic carbocycles. The van der Waals surface area contributed by atoms with Crippen LogP contribution in [0.5, 0.6) is 0 Å². The van der Waals surface area contributed by atoms with Crippen LogP contribution >= 0.6 is 22.6 Å². The van der Waals surface area contributed by atoms with E-state index in [0.29, 0.717) is 16.8 Å². The van der Waals surface area contributed by atoms with Crippen molar-refractivity contribution in [2.45, 2.75) is 6.92 Å².